The lowest BCUT2D eigenvalue weighted by atomic mass is 9.81. The Hall–Kier alpha value is -4.88. The number of nitrogens with one attached hydrogen (secondary N) is 1. The number of nitrogens with two attached hydrogens (primary N) is 4. The van der Waals surface area contributed by atoms with Gasteiger partial charge in [-0.2, -0.15) is 0 Å². The van der Waals surface area contributed by atoms with E-state index >= 15 is 0 Å². The van der Waals surface area contributed by atoms with Gasteiger partial charge in [0.15, 0.2) is 48.0 Å². The Kier molecular flexibility index (Phi) is 15.4. The van der Waals surface area contributed by atoms with Crippen molar-refractivity contribution in [2.45, 2.75) is 111 Å². The predicted molar refractivity (Wildman–Crippen MR) is 228 cm³/mol. The van der Waals surface area contributed by atoms with Gasteiger partial charge in [0, 0.05) is 32.4 Å². The van der Waals surface area contributed by atoms with E-state index in [1.165, 1.54) is 20.2 Å². The van der Waals surface area contributed by atoms with Crippen LogP contribution in [0.4, 0.5) is 10.1 Å². The zero-order valence-electron chi connectivity index (χ0n) is 36.4. The maximum atomic E-state index is 15.0. The van der Waals surface area contributed by atoms with Crippen LogP contribution in [0.1, 0.15) is 30.2 Å². The van der Waals surface area contributed by atoms with Crippen molar-refractivity contribution in [1.82, 2.24) is 14.8 Å². The van der Waals surface area contributed by atoms with Gasteiger partial charge in [-0.3, -0.25) is 9.59 Å². The molecular weight excluding hydrogens is 883 g/mol. The Balaban J connectivity index is 0.000000237. The Labute approximate surface area is 375 Å². The number of rotatable bonds is 11. The monoisotopic (exact) mass is 942 g/mol. The van der Waals surface area contributed by atoms with Crippen molar-refractivity contribution in [2.75, 3.05) is 58.4 Å². The minimum Gasteiger partial charge on any atom is -0.487 e. The number of benzene rings is 1. The number of halogens is 1. The summed E-state index contributed by atoms with van der Waals surface area (Å²) in [6.07, 6.45) is -16.0. The summed E-state index contributed by atoms with van der Waals surface area (Å²) in [5, 5.41) is 86.0. The van der Waals surface area contributed by atoms with Crippen molar-refractivity contribution >= 4 is 40.8 Å². The van der Waals surface area contributed by atoms with Crippen LogP contribution in [0.25, 0.3) is 10.9 Å². The number of aromatic nitrogens is 1. The molecule has 4 aliphatic heterocycles. The van der Waals surface area contributed by atoms with Crippen molar-refractivity contribution in [1.29, 1.82) is 0 Å². The van der Waals surface area contributed by atoms with Crippen LogP contribution >= 0.6 is 0 Å². The van der Waals surface area contributed by atoms with E-state index in [1.54, 1.807) is 4.57 Å². The lowest BCUT2D eigenvalue weighted by Gasteiger charge is -2.45. The zero-order valence-corrected chi connectivity index (χ0v) is 36.4. The van der Waals surface area contributed by atoms with Gasteiger partial charge in [-0.1, -0.05) is 0 Å². The highest BCUT2D eigenvalue weighted by Gasteiger charge is 2.61. The number of aldehydes is 1. The molecule has 0 bridgehead atoms. The molecule has 1 aliphatic carbocycles. The average molecular weight is 943 g/mol. The first-order valence-electron chi connectivity index (χ1n) is 21.0. The van der Waals surface area contributed by atoms with Gasteiger partial charge in [0.25, 0.3) is 0 Å². The number of piperazine rings is 1. The molecule has 0 radical (unpaired) electrons. The van der Waals surface area contributed by atoms with Crippen LogP contribution in [0.15, 0.2) is 27.0 Å². The fraction of sp³-hybridized carbons (Fsp3) is 0.667. The number of carbonyl (C=O) groups excluding carboxylic acids is 1. The number of hydrogen-bond donors (Lipinski definition) is 13. The van der Waals surface area contributed by atoms with E-state index in [9.17, 15) is 59.6 Å². The highest BCUT2D eigenvalue weighted by atomic mass is 19.1. The second-order valence-corrected chi connectivity index (χ2v) is 16.9. The van der Waals surface area contributed by atoms with E-state index in [0.717, 1.165) is 19.2 Å². The van der Waals surface area contributed by atoms with Crippen molar-refractivity contribution in [3.8, 4) is 5.75 Å². The quantitative estimate of drug-likeness (QED) is 0.0566. The second-order valence-electron chi connectivity index (χ2n) is 16.9. The summed E-state index contributed by atoms with van der Waals surface area (Å²) in [6, 6.07) is -3.09. The molecule has 1 aromatic heterocycles. The minimum atomic E-state index is -2.38. The van der Waals surface area contributed by atoms with Crippen LogP contribution in [-0.2, 0) is 23.7 Å². The number of pyridine rings is 1. The van der Waals surface area contributed by atoms with E-state index in [1.807, 2.05) is 18.9 Å². The predicted octanol–water partition coefficient (Wildman–Crippen LogP) is -6.62. The Morgan fingerprint density at radius 3 is 2.17 bits per heavy atom. The number of carbonyl (C=O) groups is 2. The molecule has 3 saturated heterocycles. The van der Waals surface area contributed by atoms with Crippen LogP contribution < -0.4 is 43.3 Å². The van der Waals surface area contributed by atoms with Gasteiger partial charge in [-0.25, -0.2) is 19.2 Å². The number of aliphatic hydroxyl groups excluding tert-OH is 6. The summed E-state index contributed by atoms with van der Waals surface area (Å²) in [5.74, 6) is -2.58. The lowest BCUT2D eigenvalue weighted by molar-refractivity contribution is -0.314. The number of guanidine groups is 2. The van der Waals surface area contributed by atoms with Gasteiger partial charge in [0.2, 0.25) is 5.43 Å². The molecule has 7 rings (SSSR count). The number of nitrogens with zero attached hydrogens (tertiary/aromatic N) is 5. The largest absolute Gasteiger partial charge is 0.487 e. The Bertz CT molecular complexity index is 2210. The highest BCUT2D eigenvalue weighted by Crippen LogP contribution is 2.43. The normalized spacial score (nSPS) is 36.7. The molecule has 4 fully saturated rings. The third-order valence-electron chi connectivity index (χ3n) is 12.5. The molecule has 27 heteroatoms. The molecule has 5 aliphatic rings. The molecule has 0 amide bonds. The van der Waals surface area contributed by atoms with Gasteiger partial charge < -0.3 is 107 Å². The van der Waals surface area contributed by atoms with Gasteiger partial charge in [-0.05, 0) is 34.0 Å². The average Bonchev–Trinajstić information content (AvgIpc) is 3.50. The minimum absolute atomic E-state index is 0.0434. The van der Waals surface area contributed by atoms with E-state index in [0.29, 0.717) is 30.0 Å². The lowest BCUT2D eigenvalue weighted by Crippen LogP contribution is -2.66. The van der Waals surface area contributed by atoms with E-state index in [4.69, 9.17) is 46.6 Å². The first-order valence-corrected chi connectivity index (χ1v) is 21.0. The molecule has 66 heavy (non-hydrogen) atoms. The number of aliphatic imine (C=N–C) groups is 2. The molecule has 0 spiro atoms. The number of anilines is 1. The van der Waals surface area contributed by atoms with E-state index < -0.39 is 127 Å². The number of aliphatic hydroxyl groups is 7. The van der Waals surface area contributed by atoms with Gasteiger partial charge >= 0.3 is 5.97 Å². The van der Waals surface area contributed by atoms with Gasteiger partial charge in [0.05, 0.1) is 35.7 Å². The van der Waals surface area contributed by atoms with Crippen LogP contribution in [0.3, 0.4) is 0 Å². The van der Waals surface area contributed by atoms with Crippen molar-refractivity contribution < 1.29 is 78.5 Å². The van der Waals surface area contributed by atoms with E-state index in [2.05, 4.69) is 20.2 Å². The summed E-state index contributed by atoms with van der Waals surface area (Å²) in [5.41, 5.74) is 19.2. The van der Waals surface area contributed by atoms with Crippen LogP contribution in [0, 0.1) is 5.82 Å². The van der Waals surface area contributed by atoms with Crippen LogP contribution in [0.2, 0.25) is 0 Å². The van der Waals surface area contributed by atoms with Gasteiger partial charge in [0.1, 0.15) is 78.8 Å². The molecule has 1 aromatic carbocycles. The molecule has 5 heterocycles. The fourth-order valence-electron chi connectivity index (χ4n) is 8.77. The summed E-state index contributed by atoms with van der Waals surface area (Å²) >= 11 is 0. The fourth-order valence-corrected chi connectivity index (χ4v) is 8.77. The third-order valence-corrected chi connectivity index (χ3v) is 12.5. The Morgan fingerprint density at radius 2 is 1.59 bits per heavy atom. The summed E-state index contributed by atoms with van der Waals surface area (Å²) in [4.78, 5) is 47.8. The summed E-state index contributed by atoms with van der Waals surface area (Å²) in [6.45, 7) is 5.70. The molecule has 17 N–H and O–H groups in total. The Morgan fingerprint density at radius 1 is 0.955 bits per heavy atom. The van der Waals surface area contributed by atoms with E-state index in [-0.39, 0.29) is 29.9 Å². The van der Waals surface area contributed by atoms with Crippen LogP contribution in [0.5, 0.6) is 5.75 Å². The van der Waals surface area contributed by atoms with Crippen molar-refractivity contribution in [3.63, 3.8) is 0 Å². The molecule has 2 aromatic rings. The number of ether oxygens (including phenoxy) is 5. The van der Waals surface area contributed by atoms with Crippen molar-refractivity contribution in [2.24, 2.45) is 32.9 Å². The third kappa shape index (κ3) is 9.48. The smallest absolute Gasteiger partial charge is 0.341 e. The molecular formula is C39H59FN10O16. The molecule has 1 saturated carbocycles. The molecule has 368 valence electrons. The summed E-state index contributed by atoms with van der Waals surface area (Å²) < 4.78 is 45.5. The van der Waals surface area contributed by atoms with Gasteiger partial charge in [-0.15, -0.1) is 0 Å². The highest BCUT2D eigenvalue weighted by molar-refractivity contribution is 5.97. The van der Waals surface area contributed by atoms with Crippen molar-refractivity contribution in [3.05, 3.63) is 33.9 Å². The second kappa shape index (κ2) is 20.1. The molecule has 26 nitrogen and oxygen atoms in total. The van der Waals surface area contributed by atoms with Crippen LogP contribution in [-0.4, -0.2) is 219 Å². The SMILES string of the molecule is CN[C@@H]1[C@H](O[C@H]2[C@H](O[C@H]3[C@H](O)[C@@H](O)[C@H](N=C(N)N)[C@@H](O)[C@@H]3N=C(N)N)O[C@@H](C)[C@]2(O)C=O)O[C@@H](CO)[C@H](O)[C@H]1O.C[C@H]1COc2c(N3CCN(C)CC3)c(F)cc3c(=O)c(C(=O)O)cn1c23. The first-order chi connectivity index (χ1) is 31.1. The number of carboxylic acid groups (broad SMARTS) is 1. The standard InChI is InChI=1S/C21H39N7O12.C18H20FN3O4/c1-5-21(36,4-30)16(40-17-9(26-2)13(34)10(31)6(3-29)38-17)18(37-5)39-15-8(28-20(24)25)11(32)7(27-19(22)23)12(33)14(15)35;1-10-9-26-17-14-11(16(23)12(18(24)25)8-22(10)14)7-13(19)15(17)21-5-3-20(2)4-6-21/h4-18,26,29,31-36H,3H2,1-2H3,(H4,22,23,27)(H4,24,25,28);7-8,10H,3-6,9H2,1-2H3,(H,24,25)/t5-,6-,7+,8-,9-,10-,11+,12-,13-,14+,15+,16-,17-,18-,21+;10-/m00/s1. The first kappa shape index (κ1) is 50.5. The number of likely N-dealkylation sites (N-methyl/N-ethyl adjacent to an activating group) is 2. The topological polar surface area (TPSA) is 411 Å². The zero-order chi connectivity index (χ0) is 48.7. The summed E-state index contributed by atoms with van der Waals surface area (Å²) in [7, 11) is 3.43. The molecule has 16 atom stereocenters. The number of carboxylic acids is 1. The maximum Gasteiger partial charge on any atom is 0.341 e. The maximum absolute atomic E-state index is 15.0. The number of aromatic carboxylic acids is 1. The molecule has 0 unspecified atom stereocenters. The number of hydrogen-bond acceptors (Lipinski definition) is 20.